The molecule has 19 nitrogen and oxygen atoms in total. The maximum atomic E-state index is 14.0. The van der Waals surface area contributed by atoms with E-state index in [0.29, 0.717) is 12.0 Å². The molecule has 0 aliphatic carbocycles. The summed E-state index contributed by atoms with van der Waals surface area (Å²) in [6, 6.07) is -0.766. The molecule has 0 aromatic rings. The monoisotopic (exact) mass is 951 g/mol. The van der Waals surface area contributed by atoms with Gasteiger partial charge in [-0.25, -0.2) is 9.59 Å². The molecule has 16 atom stereocenters. The Bertz CT molecular complexity index is 1810. The van der Waals surface area contributed by atoms with E-state index in [9.17, 15) is 33.9 Å². The lowest BCUT2D eigenvalue weighted by atomic mass is 9.81. The van der Waals surface area contributed by atoms with Crippen LogP contribution in [0, 0.1) is 23.7 Å². The molecule has 2 fully saturated rings. The number of aliphatic hydroxyl groups excluding tert-OH is 1. The Morgan fingerprint density at radius 1 is 0.806 bits per heavy atom. The van der Waals surface area contributed by atoms with Crippen LogP contribution in [0.5, 0.6) is 0 Å². The zero-order valence-corrected chi connectivity index (χ0v) is 41.4. The van der Waals surface area contributed by atoms with Crippen LogP contribution >= 0.6 is 0 Å². The Kier molecular flexibility index (Phi) is 22.8. The Hall–Kier alpha value is -4.50. The third-order valence-electron chi connectivity index (χ3n) is 12.1. The van der Waals surface area contributed by atoms with Crippen molar-refractivity contribution in [2.24, 2.45) is 23.7 Å². The molecular weight excluding hydrogens is 879 g/mol. The smallest absolute Gasteiger partial charge is 0.334 e. The standard InChI is InChI=1S/C48H73NO18/c1-15-37-34(24-60-47-46(59-14)45(58-13)43(29(6)61-47)64-31(8)51)21-25(2)19-20-35(53)26(3)22-33(17-16-18-38(55)57-12)41(27(4)36(54)23-39(56)66-37)67-48-44(65-32(9)52)40(49(10)11)42(28(5)62-48)63-30(7)50/h16,18-21,23,26-29,33-34,37,40-48,54H,15,17,22,24H2,1-14H3/b18-16+,20-19+,25-21+,36-23-/t26-,27+,28+,29-,33+,34-,37-,40-,41-,42+,43-,44+,45-,46-,47-,48-/m1/s1. The fourth-order valence-electron chi connectivity index (χ4n) is 8.79. The largest absolute Gasteiger partial charge is 0.512 e. The number of allylic oxidation sites excluding steroid dienone is 4. The van der Waals surface area contributed by atoms with Gasteiger partial charge in [0.15, 0.2) is 30.6 Å². The number of nitrogens with zero attached hydrogens (tertiary/aromatic N) is 1. The molecule has 0 radical (unpaired) electrons. The number of hydrogen-bond acceptors (Lipinski definition) is 19. The van der Waals surface area contributed by atoms with E-state index in [1.807, 2.05) is 13.0 Å². The molecule has 0 spiro atoms. The van der Waals surface area contributed by atoms with Crippen molar-refractivity contribution in [3.63, 3.8) is 0 Å². The molecular formula is C48H73NO18. The van der Waals surface area contributed by atoms with Crippen LogP contribution in [-0.4, -0.2) is 161 Å². The summed E-state index contributed by atoms with van der Waals surface area (Å²) < 4.78 is 64.9. The van der Waals surface area contributed by atoms with Crippen LogP contribution in [0.3, 0.4) is 0 Å². The van der Waals surface area contributed by atoms with Crippen LogP contribution in [0.2, 0.25) is 0 Å². The van der Waals surface area contributed by atoms with Crippen LogP contribution in [0.25, 0.3) is 0 Å². The van der Waals surface area contributed by atoms with E-state index in [4.69, 9.17) is 52.1 Å². The van der Waals surface area contributed by atoms with Gasteiger partial charge in [-0.2, -0.15) is 0 Å². The average molecular weight is 952 g/mol. The fraction of sp³-hybridized carbons (Fsp3) is 0.708. The van der Waals surface area contributed by atoms with Gasteiger partial charge in [0.05, 0.1) is 44.1 Å². The highest BCUT2D eigenvalue weighted by molar-refractivity contribution is 5.91. The van der Waals surface area contributed by atoms with Crippen molar-refractivity contribution in [2.75, 3.05) is 42.0 Å². The van der Waals surface area contributed by atoms with Gasteiger partial charge in [0.2, 0.25) is 0 Å². The van der Waals surface area contributed by atoms with E-state index in [0.717, 1.165) is 6.08 Å². The fourth-order valence-corrected chi connectivity index (χ4v) is 8.79. The highest BCUT2D eigenvalue weighted by Crippen LogP contribution is 2.37. The van der Waals surface area contributed by atoms with Crippen molar-refractivity contribution < 1.29 is 86.0 Å². The van der Waals surface area contributed by atoms with Crippen LogP contribution in [0.15, 0.2) is 47.8 Å². The van der Waals surface area contributed by atoms with Crippen molar-refractivity contribution in [3.8, 4) is 0 Å². The topological polar surface area (TPSA) is 227 Å². The second kappa shape index (κ2) is 26.9. The molecule has 2 saturated heterocycles. The molecule has 0 aromatic carbocycles. The molecule has 1 N–H and O–H groups in total. The van der Waals surface area contributed by atoms with Gasteiger partial charge in [-0.3, -0.25) is 24.1 Å². The number of hydrogen-bond donors (Lipinski definition) is 1. The quantitative estimate of drug-likeness (QED) is 0.135. The van der Waals surface area contributed by atoms with Gasteiger partial charge >= 0.3 is 29.8 Å². The van der Waals surface area contributed by atoms with Crippen molar-refractivity contribution in [2.45, 2.75) is 155 Å². The van der Waals surface area contributed by atoms with Crippen LogP contribution in [0.4, 0.5) is 0 Å². The molecule has 0 unspecified atom stereocenters. The minimum Gasteiger partial charge on any atom is -0.512 e. The Morgan fingerprint density at radius 3 is 1.96 bits per heavy atom. The first-order chi connectivity index (χ1) is 31.6. The molecule has 3 aliphatic heterocycles. The van der Waals surface area contributed by atoms with E-state index in [1.165, 1.54) is 54.3 Å². The number of cyclic esters (lactones) is 1. The van der Waals surface area contributed by atoms with Crippen LogP contribution in [0.1, 0.15) is 81.6 Å². The van der Waals surface area contributed by atoms with Gasteiger partial charge < -0.3 is 57.2 Å². The van der Waals surface area contributed by atoms with Crippen molar-refractivity contribution in [1.29, 1.82) is 0 Å². The second-order valence-electron chi connectivity index (χ2n) is 17.5. The van der Waals surface area contributed by atoms with Crippen LogP contribution in [-0.2, 0) is 80.9 Å². The number of likely N-dealkylation sites (N-methyl/N-ethyl adjacent to an activating group) is 1. The summed E-state index contributed by atoms with van der Waals surface area (Å²) in [6.45, 7) is 14.1. The normalized spacial score (nSPS) is 36.8. The molecule has 3 aliphatic rings. The number of carbonyl (C=O) groups is 6. The summed E-state index contributed by atoms with van der Waals surface area (Å²) in [4.78, 5) is 78.6. The third-order valence-corrected chi connectivity index (χ3v) is 12.1. The lowest BCUT2D eigenvalue weighted by molar-refractivity contribution is -0.306. The predicted molar refractivity (Wildman–Crippen MR) is 240 cm³/mol. The van der Waals surface area contributed by atoms with Crippen molar-refractivity contribution >= 4 is 35.6 Å². The van der Waals surface area contributed by atoms with Gasteiger partial charge in [-0.1, -0.05) is 44.6 Å². The summed E-state index contributed by atoms with van der Waals surface area (Å²) in [5.41, 5.74) is 0.648. The van der Waals surface area contributed by atoms with E-state index in [-0.39, 0.29) is 25.2 Å². The first-order valence-electron chi connectivity index (χ1n) is 22.6. The number of aliphatic hydroxyl groups is 1. The number of ether oxygens (including phenoxy) is 11. The van der Waals surface area contributed by atoms with Crippen molar-refractivity contribution in [1.82, 2.24) is 4.90 Å². The van der Waals surface area contributed by atoms with Gasteiger partial charge in [0.25, 0.3) is 0 Å². The van der Waals surface area contributed by atoms with Crippen molar-refractivity contribution in [3.05, 3.63) is 47.8 Å². The first-order valence-corrected chi connectivity index (χ1v) is 22.6. The maximum Gasteiger partial charge on any atom is 0.334 e. The predicted octanol–water partition coefficient (Wildman–Crippen LogP) is 4.50. The number of rotatable bonds is 15. The maximum absolute atomic E-state index is 14.0. The Labute approximate surface area is 394 Å². The Morgan fingerprint density at radius 2 is 1.39 bits per heavy atom. The summed E-state index contributed by atoms with van der Waals surface area (Å²) >= 11 is 0. The van der Waals surface area contributed by atoms with E-state index >= 15 is 0 Å². The molecule has 19 heteroatoms. The third kappa shape index (κ3) is 16.3. The molecule has 0 amide bonds. The molecule has 0 aromatic heterocycles. The van der Waals surface area contributed by atoms with Gasteiger partial charge in [-0.15, -0.1) is 0 Å². The number of ketones is 1. The SMILES string of the molecule is CC[C@H]1OC(=O)/C=C(\O)[C@H](C)[C@@H](O[C@H]2O[C@@H](C)[C@H](OC(C)=O)[C@@H](N(C)C)[C@@H]2OC(C)=O)[C@@H](C/C=C/C(=O)OC)C[C@@H](C)C(=O)/C=C/C(C)=C/[C@@H]1CO[C@@H]1O[C@H](C)[C@@H](OC(C)=O)[C@@H](OC)[C@H]1OC. The summed E-state index contributed by atoms with van der Waals surface area (Å²) in [6.07, 6.45) is -0.835. The molecule has 0 bridgehead atoms. The number of esters is 5. The Balaban J connectivity index is 2.13. The van der Waals surface area contributed by atoms with Gasteiger partial charge in [-0.05, 0) is 66.1 Å². The second-order valence-corrected chi connectivity index (χ2v) is 17.5. The lowest BCUT2D eigenvalue weighted by Gasteiger charge is -2.48. The molecule has 67 heavy (non-hydrogen) atoms. The number of methoxy groups -OCH3 is 3. The van der Waals surface area contributed by atoms with E-state index in [1.54, 1.807) is 65.8 Å². The van der Waals surface area contributed by atoms with Gasteiger partial charge in [0.1, 0.15) is 30.2 Å². The number of carbonyl (C=O) groups excluding carboxylic acids is 6. The highest BCUT2D eigenvalue weighted by atomic mass is 16.7. The lowest BCUT2D eigenvalue weighted by Crippen LogP contribution is -2.65. The minimum absolute atomic E-state index is 0.0639. The summed E-state index contributed by atoms with van der Waals surface area (Å²) in [5.74, 6) is -6.89. The van der Waals surface area contributed by atoms with Crippen LogP contribution < -0.4 is 0 Å². The first kappa shape index (κ1) is 56.8. The summed E-state index contributed by atoms with van der Waals surface area (Å²) in [7, 11) is 7.59. The van der Waals surface area contributed by atoms with E-state index in [2.05, 4.69) is 0 Å². The molecule has 3 rings (SSSR count). The molecule has 378 valence electrons. The molecule has 3 heterocycles. The zero-order valence-electron chi connectivity index (χ0n) is 41.4. The van der Waals surface area contributed by atoms with Gasteiger partial charge in [0, 0.05) is 58.8 Å². The average Bonchev–Trinajstić information content (AvgIpc) is 3.25. The zero-order chi connectivity index (χ0) is 50.3. The van der Waals surface area contributed by atoms with E-state index < -0.39 is 133 Å². The summed E-state index contributed by atoms with van der Waals surface area (Å²) in [5, 5.41) is 11.8. The minimum atomic E-state index is -1.33. The molecule has 0 saturated carbocycles. The highest BCUT2D eigenvalue weighted by Gasteiger charge is 2.52.